The van der Waals surface area contributed by atoms with Crippen LogP contribution >= 0.6 is 11.6 Å². The van der Waals surface area contributed by atoms with Gasteiger partial charge in [-0.2, -0.15) is 4.31 Å². The fourth-order valence-electron chi connectivity index (χ4n) is 3.85. The van der Waals surface area contributed by atoms with E-state index in [-0.39, 0.29) is 35.5 Å². The normalized spacial score (nSPS) is 17.2. The number of hydrogen-bond acceptors (Lipinski definition) is 4. The number of fused-ring (bicyclic) bond motifs is 1. The van der Waals surface area contributed by atoms with Crippen molar-refractivity contribution in [3.8, 4) is 5.75 Å². The molecule has 0 atom stereocenters. The summed E-state index contributed by atoms with van der Waals surface area (Å²) in [7, 11) is -3.67. The lowest BCUT2D eigenvalue weighted by molar-refractivity contribution is -0.134. The second-order valence-electron chi connectivity index (χ2n) is 7.29. The van der Waals surface area contributed by atoms with E-state index < -0.39 is 10.0 Å². The summed E-state index contributed by atoms with van der Waals surface area (Å²) >= 11 is 6.05. The molecule has 29 heavy (non-hydrogen) atoms. The average molecular weight is 435 g/mol. The maximum absolute atomic E-state index is 12.8. The van der Waals surface area contributed by atoms with E-state index in [1.807, 2.05) is 12.1 Å². The molecule has 1 aliphatic carbocycles. The van der Waals surface area contributed by atoms with Gasteiger partial charge in [-0.3, -0.25) is 4.79 Å². The minimum absolute atomic E-state index is 0.0456. The topological polar surface area (TPSA) is 66.9 Å². The van der Waals surface area contributed by atoms with Crippen LogP contribution in [0.5, 0.6) is 5.75 Å². The molecule has 0 aromatic heterocycles. The third-order valence-corrected chi connectivity index (χ3v) is 7.88. The first-order valence-electron chi connectivity index (χ1n) is 9.72. The van der Waals surface area contributed by atoms with Gasteiger partial charge in [-0.1, -0.05) is 29.8 Å². The molecule has 0 saturated carbocycles. The lowest BCUT2D eigenvalue weighted by Crippen LogP contribution is -2.51. The molecule has 4 rings (SSSR count). The maximum Gasteiger partial charge on any atom is 0.260 e. The Morgan fingerprint density at radius 3 is 2.48 bits per heavy atom. The molecule has 1 saturated heterocycles. The molecule has 2 aliphatic rings. The van der Waals surface area contributed by atoms with Crippen molar-refractivity contribution < 1.29 is 17.9 Å². The Morgan fingerprint density at radius 1 is 1.00 bits per heavy atom. The second kappa shape index (κ2) is 8.34. The highest BCUT2D eigenvalue weighted by atomic mass is 35.5. The van der Waals surface area contributed by atoms with Crippen LogP contribution < -0.4 is 4.74 Å². The van der Waals surface area contributed by atoms with E-state index in [9.17, 15) is 13.2 Å². The van der Waals surface area contributed by atoms with Gasteiger partial charge >= 0.3 is 0 Å². The van der Waals surface area contributed by atoms with E-state index in [1.54, 1.807) is 23.1 Å². The number of aryl methyl sites for hydroxylation is 2. The van der Waals surface area contributed by atoms with Crippen LogP contribution in [-0.2, 0) is 27.7 Å². The standard InChI is InChI=1S/C21H23ClN2O4S/c22-19-6-1-2-7-20(19)29(26,27)24-12-10-23(11-13-24)21(25)15-28-18-9-8-16-4-3-5-17(16)14-18/h1-2,6-9,14H,3-5,10-13,15H2. The van der Waals surface area contributed by atoms with Crippen molar-refractivity contribution in [1.82, 2.24) is 9.21 Å². The van der Waals surface area contributed by atoms with Gasteiger partial charge < -0.3 is 9.64 Å². The van der Waals surface area contributed by atoms with E-state index in [0.717, 1.165) is 12.8 Å². The Kier molecular flexibility index (Phi) is 5.81. The minimum atomic E-state index is -3.67. The van der Waals surface area contributed by atoms with Gasteiger partial charge in [-0.25, -0.2) is 8.42 Å². The van der Waals surface area contributed by atoms with Crippen LogP contribution in [0.4, 0.5) is 0 Å². The number of sulfonamides is 1. The van der Waals surface area contributed by atoms with Crippen LogP contribution in [0.25, 0.3) is 0 Å². The van der Waals surface area contributed by atoms with Crippen LogP contribution in [0.1, 0.15) is 17.5 Å². The molecule has 1 aliphatic heterocycles. The highest BCUT2D eigenvalue weighted by molar-refractivity contribution is 7.89. The summed E-state index contributed by atoms with van der Waals surface area (Å²) in [5.74, 6) is 0.569. The monoisotopic (exact) mass is 434 g/mol. The van der Waals surface area contributed by atoms with Crippen LogP contribution in [0.3, 0.4) is 0 Å². The van der Waals surface area contributed by atoms with Gasteiger partial charge in [0.2, 0.25) is 10.0 Å². The Hall–Kier alpha value is -2.09. The number of rotatable bonds is 5. The van der Waals surface area contributed by atoms with Crippen molar-refractivity contribution in [2.75, 3.05) is 32.8 Å². The summed E-state index contributed by atoms with van der Waals surface area (Å²) in [5, 5.41) is 0.203. The summed E-state index contributed by atoms with van der Waals surface area (Å²) in [6.07, 6.45) is 3.33. The fraction of sp³-hybridized carbons (Fsp3) is 0.381. The Balaban J connectivity index is 1.32. The number of hydrogen-bond donors (Lipinski definition) is 0. The largest absolute Gasteiger partial charge is 0.484 e. The van der Waals surface area contributed by atoms with E-state index in [0.29, 0.717) is 18.8 Å². The first-order valence-corrected chi connectivity index (χ1v) is 11.5. The van der Waals surface area contributed by atoms with Crippen molar-refractivity contribution >= 4 is 27.5 Å². The number of amides is 1. The molecule has 6 nitrogen and oxygen atoms in total. The van der Waals surface area contributed by atoms with Gasteiger partial charge in [0, 0.05) is 26.2 Å². The lowest BCUT2D eigenvalue weighted by Gasteiger charge is -2.34. The lowest BCUT2D eigenvalue weighted by atomic mass is 10.1. The van der Waals surface area contributed by atoms with Crippen LogP contribution in [0, 0.1) is 0 Å². The maximum atomic E-state index is 12.8. The van der Waals surface area contributed by atoms with Gasteiger partial charge in [-0.05, 0) is 54.7 Å². The van der Waals surface area contributed by atoms with E-state index >= 15 is 0 Å². The van der Waals surface area contributed by atoms with Crippen molar-refractivity contribution in [2.24, 2.45) is 0 Å². The number of piperazine rings is 1. The highest BCUT2D eigenvalue weighted by Crippen LogP contribution is 2.27. The fourth-order valence-corrected chi connectivity index (χ4v) is 5.76. The molecule has 2 aromatic rings. The van der Waals surface area contributed by atoms with Crippen molar-refractivity contribution in [1.29, 1.82) is 0 Å². The molecule has 1 fully saturated rings. The predicted molar refractivity (Wildman–Crippen MR) is 111 cm³/mol. The molecule has 2 aromatic carbocycles. The molecule has 1 amide bonds. The zero-order valence-electron chi connectivity index (χ0n) is 16.0. The summed E-state index contributed by atoms with van der Waals surface area (Å²) in [6.45, 7) is 1.08. The number of halogens is 1. The van der Waals surface area contributed by atoms with E-state index in [2.05, 4.69) is 6.07 Å². The predicted octanol–water partition coefficient (Wildman–Crippen LogP) is 2.74. The Morgan fingerprint density at radius 2 is 1.72 bits per heavy atom. The average Bonchev–Trinajstić information content (AvgIpc) is 3.20. The molecule has 0 spiro atoms. The quantitative estimate of drug-likeness (QED) is 0.725. The van der Waals surface area contributed by atoms with Crippen LogP contribution in [0.15, 0.2) is 47.4 Å². The van der Waals surface area contributed by atoms with E-state index in [4.69, 9.17) is 16.3 Å². The zero-order chi connectivity index (χ0) is 20.4. The SMILES string of the molecule is O=C(COc1ccc2c(c1)CCC2)N1CCN(S(=O)(=O)c2ccccc2Cl)CC1. The molecule has 8 heteroatoms. The molecule has 0 radical (unpaired) electrons. The van der Waals surface area contributed by atoms with Crippen LogP contribution in [0.2, 0.25) is 5.02 Å². The van der Waals surface area contributed by atoms with Crippen molar-refractivity contribution in [2.45, 2.75) is 24.2 Å². The summed E-state index contributed by atoms with van der Waals surface area (Å²) in [5.41, 5.74) is 2.66. The second-order valence-corrected chi connectivity index (χ2v) is 9.60. The zero-order valence-corrected chi connectivity index (χ0v) is 17.6. The third kappa shape index (κ3) is 4.27. The van der Waals surface area contributed by atoms with E-state index in [1.165, 1.54) is 27.9 Å². The van der Waals surface area contributed by atoms with Gasteiger partial charge in [0.1, 0.15) is 10.6 Å². The summed E-state index contributed by atoms with van der Waals surface area (Å²) in [6, 6.07) is 12.4. The molecular formula is C21H23ClN2O4S. The van der Waals surface area contributed by atoms with Gasteiger partial charge in [0.15, 0.2) is 6.61 Å². The van der Waals surface area contributed by atoms with Gasteiger partial charge in [0.25, 0.3) is 5.91 Å². The Bertz CT molecular complexity index is 1020. The molecule has 1 heterocycles. The van der Waals surface area contributed by atoms with Gasteiger partial charge in [-0.15, -0.1) is 0 Å². The number of ether oxygens (including phenoxy) is 1. The number of benzene rings is 2. The van der Waals surface area contributed by atoms with Crippen molar-refractivity contribution in [3.05, 3.63) is 58.6 Å². The first-order chi connectivity index (χ1) is 13.9. The summed E-state index contributed by atoms with van der Waals surface area (Å²) in [4.78, 5) is 14.2. The first kappa shape index (κ1) is 20.2. The number of carbonyl (C=O) groups is 1. The number of carbonyl (C=O) groups excluding carboxylic acids is 1. The third-order valence-electron chi connectivity index (χ3n) is 5.48. The smallest absolute Gasteiger partial charge is 0.260 e. The van der Waals surface area contributed by atoms with Crippen molar-refractivity contribution in [3.63, 3.8) is 0 Å². The molecule has 0 bridgehead atoms. The van der Waals surface area contributed by atoms with Gasteiger partial charge in [0.05, 0.1) is 5.02 Å². The number of nitrogens with zero attached hydrogens (tertiary/aromatic N) is 2. The minimum Gasteiger partial charge on any atom is -0.484 e. The molecular weight excluding hydrogens is 412 g/mol. The molecule has 0 N–H and O–H groups in total. The highest BCUT2D eigenvalue weighted by Gasteiger charge is 2.31. The summed E-state index contributed by atoms with van der Waals surface area (Å²) < 4.78 is 32.7. The molecule has 0 unspecified atom stereocenters. The Labute approximate surface area is 176 Å². The molecule has 154 valence electrons. The van der Waals surface area contributed by atoms with Crippen LogP contribution in [-0.4, -0.2) is 56.3 Å².